The van der Waals surface area contributed by atoms with Gasteiger partial charge in [0.05, 0.1) is 31.9 Å². The molecule has 2 aromatic rings. The number of nitrogens with zero attached hydrogens (tertiary/aromatic N) is 1. The van der Waals surface area contributed by atoms with Crippen molar-refractivity contribution in [2.45, 2.75) is 39.2 Å². The predicted octanol–water partition coefficient (Wildman–Crippen LogP) is 4.46. The number of aliphatic hydroxyl groups excluding tert-OH is 1. The van der Waals surface area contributed by atoms with Crippen LogP contribution in [0.1, 0.15) is 50.4 Å². The van der Waals surface area contributed by atoms with Crippen molar-refractivity contribution in [2.24, 2.45) is 0 Å². The van der Waals surface area contributed by atoms with Crippen LogP contribution in [-0.4, -0.2) is 55.7 Å². The van der Waals surface area contributed by atoms with Crippen LogP contribution in [0, 0.1) is 0 Å². The van der Waals surface area contributed by atoms with E-state index in [0.717, 1.165) is 11.3 Å². The Morgan fingerprint density at radius 1 is 1.09 bits per heavy atom. The number of rotatable bonds is 8. The number of ketones is 1. The molecule has 3 rings (SSSR count). The number of amides is 1. The number of methoxy groups -OCH3 is 2. The summed E-state index contributed by atoms with van der Waals surface area (Å²) in [7, 11) is 3.08. The Hall–Kier alpha value is -3.32. The highest BCUT2D eigenvalue weighted by Gasteiger charge is 2.46. The first-order chi connectivity index (χ1) is 16.1. The minimum atomic E-state index is -0.769. The molecule has 1 aliphatic rings. The molecule has 1 heterocycles. The summed E-state index contributed by atoms with van der Waals surface area (Å²) < 4.78 is 16.3. The Morgan fingerprint density at radius 3 is 2.44 bits per heavy atom. The largest absolute Gasteiger partial charge is 0.507 e. The van der Waals surface area contributed by atoms with E-state index in [2.05, 4.69) is 20.8 Å². The number of hydrogen-bond donors (Lipinski definition) is 1. The zero-order valence-electron chi connectivity index (χ0n) is 20.7. The summed E-state index contributed by atoms with van der Waals surface area (Å²) in [6, 6.07) is 11.7. The van der Waals surface area contributed by atoms with Gasteiger partial charge in [0.25, 0.3) is 11.7 Å². The molecule has 0 aliphatic carbocycles. The van der Waals surface area contributed by atoms with Crippen molar-refractivity contribution in [3.8, 4) is 11.5 Å². The molecule has 2 aromatic carbocycles. The minimum Gasteiger partial charge on any atom is -0.507 e. The van der Waals surface area contributed by atoms with Gasteiger partial charge in [-0.1, -0.05) is 32.9 Å². The third kappa shape index (κ3) is 4.94. The smallest absolute Gasteiger partial charge is 0.295 e. The number of carbonyl (C=O) groups excluding carboxylic acids is 2. The van der Waals surface area contributed by atoms with E-state index >= 15 is 0 Å². The van der Waals surface area contributed by atoms with Gasteiger partial charge in [0.15, 0.2) is 0 Å². The van der Waals surface area contributed by atoms with Crippen LogP contribution in [0.4, 0.5) is 0 Å². The van der Waals surface area contributed by atoms with Gasteiger partial charge in [-0.15, -0.1) is 0 Å². The molecule has 0 spiro atoms. The molecule has 1 N–H and O–H groups in total. The zero-order valence-corrected chi connectivity index (χ0v) is 20.7. The molecule has 1 saturated heterocycles. The molecular formula is C27H33NO6. The first-order valence-electron chi connectivity index (χ1n) is 11.3. The van der Waals surface area contributed by atoms with Crippen LogP contribution in [-0.2, 0) is 19.7 Å². The van der Waals surface area contributed by atoms with Crippen molar-refractivity contribution in [2.75, 3.05) is 34.0 Å². The van der Waals surface area contributed by atoms with Gasteiger partial charge in [0.2, 0.25) is 0 Å². The molecule has 0 radical (unpaired) electrons. The van der Waals surface area contributed by atoms with Crippen LogP contribution in [0.3, 0.4) is 0 Å². The van der Waals surface area contributed by atoms with Crippen LogP contribution in [0.25, 0.3) is 5.76 Å². The average Bonchev–Trinajstić information content (AvgIpc) is 3.06. The lowest BCUT2D eigenvalue weighted by atomic mass is 9.84. The monoisotopic (exact) mass is 467 g/mol. The first-order valence-corrected chi connectivity index (χ1v) is 11.3. The summed E-state index contributed by atoms with van der Waals surface area (Å²) >= 11 is 0. The molecule has 1 amide bonds. The van der Waals surface area contributed by atoms with Crippen molar-refractivity contribution in [3.63, 3.8) is 0 Å². The van der Waals surface area contributed by atoms with Gasteiger partial charge in [0.1, 0.15) is 17.3 Å². The molecule has 1 aliphatic heterocycles. The van der Waals surface area contributed by atoms with E-state index in [-0.39, 0.29) is 29.9 Å². The van der Waals surface area contributed by atoms with Crippen molar-refractivity contribution >= 4 is 17.4 Å². The second-order valence-corrected chi connectivity index (χ2v) is 9.16. The first kappa shape index (κ1) is 25.3. The Labute approximate surface area is 200 Å². The van der Waals surface area contributed by atoms with Gasteiger partial charge in [-0.3, -0.25) is 9.59 Å². The fraction of sp³-hybridized carbons (Fsp3) is 0.407. The Morgan fingerprint density at radius 2 is 1.82 bits per heavy atom. The van der Waals surface area contributed by atoms with Crippen molar-refractivity contribution in [3.05, 3.63) is 64.7 Å². The summed E-state index contributed by atoms with van der Waals surface area (Å²) in [5.41, 5.74) is 1.78. The Bertz CT molecular complexity index is 1100. The van der Waals surface area contributed by atoms with Gasteiger partial charge < -0.3 is 24.2 Å². The number of aliphatic hydroxyl groups is 1. The van der Waals surface area contributed by atoms with E-state index in [4.69, 9.17) is 14.2 Å². The SMILES string of the molecule is CCOc1ccc(/C(O)=C2/C(=O)C(=O)N(CCOC)C2c2cccc(OC)c2)cc1C(C)(C)C. The molecule has 1 fully saturated rings. The molecule has 0 aromatic heterocycles. The van der Waals surface area contributed by atoms with E-state index in [0.29, 0.717) is 23.5 Å². The molecular weight excluding hydrogens is 434 g/mol. The van der Waals surface area contributed by atoms with Crippen LogP contribution >= 0.6 is 0 Å². The van der Waals surface area contributed by atoms with Crippen molar-refractivity contribution < 1.29 is 28.9 Å². The quantitative estimate of drug-likeness (QED) is 0.351. The molecule has 1 atom stereocenters. The fourth-order valence-corrected chi connectivity index (χ4v) is 4.16. The summed E-state index contributed by atoms with van der Waals surface area (Å²) in [6.45, 7) is 9.03. The van der Waals surface area contributed by atoms with Crippen LogP contribution in [0.15, 0.2) is 48.0 Å². The fourth-order valence-electron chi connectivity index (χ4n) is 4.16. The minimum absolute atomic E-state index is 0.0402. The maximum atomic E-state index is 13.2. The summed E-state index contributed by atoms with van der Waals surface area (Å²) in [5, 5.41) is 11.4. The molecule has 7 heteroatoms. The Balaban J connectivity index is 2.21. The summed E-state index contributed by atoms with van der Waals surface area (Å²) in [5.74, 6) is -0.317. The number of ether oxygens (including phenoxy) is 3. The zero-order chi connectivity index (χ0) is 25.0. The second kappa shape index (κ2) is 10.3. The maximum absolute atomic E-state index is 13.2. The number of hydrogen-bond acceptors (Lipinski definition) is 6. The standard InChI is InChI=1S/C27H33NO6/c1-7-34-21-12-11-18(16-20(21)27(2,3)4)24(29)22-23(17-9-8-10-19(15-17)33-6)28(13-14-32-5)26(31)25(22)30/h8-12,15-16,23,29H,7,13-14H2,1-6H3/b24-22-. The van der Waals surface area contributed by atoms with Crippen molar-refractivity contribution in [1.82, 2.24) is 4.90 Å². The lowest BCUT2D eigenvalue weighted by Gasteiger charge is -2.26. The summed E-state index contributed by atoms with van der Waals surface area (Å²) in [6.07, 6.45) is 0. The lowest BCUT2D eigenvalue weighted by Crippen LogP contribution is -2.32. The molecule has 1 unspecified atom stereocenters. The highest BCUT2D eigenvalue weighted by Crippen LogP contribution is 2.41. The molecule has 0 saturated carbocycles. The average molecular weight is 468 g/mol. The number of likely N-dealkylation sites (tertiary alicyclic amines) is 1. The van der Waals surface area contributed by atoms with Crippen LogP contribution in [0.2, 0.25) is 0 Å². The van der Waals surface area contributed by atoms with Crippen LogP contribution in [0.5, 0.6) is 11.5 Å². The van der Waals surface area contributed by atoms with Gasteiger partial charge in [-0.05, 0) is 48.2 Å². The third-order valence-corrected chi connectivity index (χ3v) is 5.85. The lowest BCUT2D eigenvalue weighted by molar-refractivity contribution is -0.140. The normalized spacial score (nSPS) is 17.8. The molecule has 0 bridgehead atoms. The third-order valence-electron chi connectivity index (χ3n) is 5.85. The van der Waals surface area contributed by atoms with E-state index in [1.165, 1.54) is 12.0 Å². The number of benzene rings is 2. The maximum Gasteiger partial charge on any atom is 0.295 e. The molecule has 182 valence electrons. The van der Waals surface area contributed by atoms with E-state index in [9.17, 15) is 14.7 Å². The van der Waals surface area contributed by atoms with Crippen molar-refractivity contribution in [1.29, 1.82) is 0 Å². The number of carbonyl (C=O) groups is 2. The van der Waals surface area contributed by atoms with Crippen LogP contribution < -0.4 is 9.47 Å². The molecule has 7 nitrogen and oxygen atoms in total. The van der Waals surface area contributed by atoms with Gasteiger partial charge in [-0.2, -0.15) is 0 Å². The number of Topliss-reactive ketones (excluding diaryl/α,β-unsaturated/α-hetero) is 1. The van der Waals surface area contributed by atoms with Gasteiger partial charge in [-0.25, -0.2) is 0 Å². The van der Waals surface area contributed by atoms with E-state index in [1.807, 2.05) is 19.1 Å². The molecule has 34 heavy (non-hydrogen) atoms. The predicted molar refractivity (Wildman–Crippen MR) is 130 cm³/mol. The Kier molecular flexibility index (Phi) is 7.67. The van der Waals surface area contributed by atoms with Gasteiger partial charge >= 0.3 is 0 Å². The highest BCUT2D eigenvalue weighted by atomic mass is 16.5. The van der Waals surface area contributed by atoms with Gasteiger partial charge in [0, 0.05) is 24.8 Å². The topological polar surface area (TPSA) is 85.3 Å². The second-order valence-electron chi connectivity index (χ2n) is 9.16. The van der Waals surface area contributed by atoms with E-state index < -0.39 is 17.7 Å². The highest BCUT2D eigenvalue weighted by molar-refractivity contribution is 6.46. The van der Waals surface area contributed by atoms with E-state index in [1.54, 1.807) is 37.4 Å². The summed E-state index contributed by atoms with van der Waals surface area (Å²) in [4.78, 5) is 27.6.